The Bertz CT molecular complexity index is 157. The third-order valence-electron chi connectivity index (χ3n) is 3.01. The molecule has 1 saturated carbocycles. The fourth-order valence-corrected chi connectivity index (χ4v) is 1.79. The summed E-state index contributed by atoms with van der Waals surface area (Å²) < 4.78 is 0. The molecule has 2 heterocycles. The van der Waals surface area contributed by atoms with E-state index in [4.69, 9.17) is 0 Å². The van der Waals surface area contributed by atoms with Gasteiger partial charge in [0.2, 0.25) is 0 Å². The average molecular weight is 109 g/mol. The summed E-state index contributed by atoms with van der Waals surface area (Å²) in [6.45, 7) is 6.78. The highest BCUT2D eigenvalue weighted by molar-refractivity contribution is 6.04. The zero-order valence-corrected chi connectivity index (χ0v) is 5.60. The second-order valence-electron chi connectivity index (χ2n) is 3.21. The number of aliphatic imine (C=N–C) groups is 1. The minimum atomic E-state index is 0.370. The predicted octanol–water partition coefficient (Wildman–Crippen LogP) is 1.49. The van der Waals surface area contributed by atoms with Crippen molar-refractivity contribution >= 4 is 5.71 Å². The molecule has 1 heteroatoms. The number of hydrogen-bond acceptors (Lipinski definition) is 1. The lowest BCUT2D eigenvalue weighted by molar-refractivity contribution is 0.185. The summed E-state index contributed by atoms with van der Waals surface area (Å²) in [6, 6.07) is 0. The second kappa shape index (κ2) is 0.873. The summed E-state index contributed by atoms with van der Waals surface area (Å²) in [6.07, 6.45) is 0. The summed E-state index contributed by atoms with van der Waals surface area (Å²) in [4.78, 5) is 4.38. The van der Waals surface area contributed by atoms with Crippen molar-refractivity contribution in [3.8, 4) is 0 Å². The molecule has 1 fully saturated rings. The van der Waals surface area contributed by atoms with Crippen molar-refractivity contribution in [2.45, 2.75) is 26.3 Å². The summed E-state index contributed by atoms with van der Waals surface area (Å²) >= 11 is 0. The molecule has 0 saturated heterocycles. The van der Waals surface area contributed by atoms with E-state index >= 15 is 0 Å². The molecule has 3 rings (SSSR count). The molecule has 1 nitrogen and oxygen atoms in total. The summed E-state index contributed by atoms with van der Waals surface area (Å²) in [5.41, 5.74) is 1.82. The van der Waals surface area contributed by atoms with Gasteiger partial charge in [0.15, 0.2) is 0 Å². The van der Waals surface area contributed by atoms with Crippen LogP contribution in [0, 0.1) is 11.8 Å². The van der Waals surface area contributed by atoms with Crippen LogP contribution in [0.2, 0.25) is 0 Å². The van der Waals surface area contributed by atoms with Crippen molar-refractivity contribution in [2.75, 3.05) is 0 Å². The highest BCUT2D eigenvalue weighted by Gasteiger charge is 2.60. The Morgan fingerprint density at radius 1 is 1.38 bits per heavy atom. The molecule has 2 atom stereocenters. The van der Waals surface area contributed by atoms with Gasteiger partial charge in [-0.3, -0.25) is 4.99 Å². The normalized spacial score (nSPS) is 58.6. The molecule has 44 valence electrons. The largest absolute Gasteiger partial charge is 0.286 e. The highest BCUT2D eigenvalue weighted by atomic mass is 15.1. The van der Waals surface area contributed by atoms with Gasteiger partial charge in [-0.05, 0) is 6.92 Å². The van der Waals surface area contributed by atoms with Crippen LogP contribution in [0.5, 0.6) is 0 Å². The molecule has 3 aliphatic rings. The van der Waals surface area contributed by atoms with Crippen LogP contribution in [0.1, 0.15) is 20.8 Å². The molecular formula is C7H11N. The van der Waals surface area contributed by atoms with Crippen LogP contribution in [-0.4, -0.2) is 11.3 Å². The van der Waals surface area contributed by atoms with E-state index < -0.39 is 0 Å². The topological polar surface area (TPSA) is 12.4 Å². The van der Waals surface area contributed by atoms with E-state index in [0.717, 1.165) is 11.8 Å². The minimum absolute atomic E-state index is 0.370. The summed E-state index contributed by atoms with van der Waals surface area (Å²) in [7, 11) is 0. The van der Waals surface area contributed by atoms with Crippen LogP contribution in [0.15, 0.2) is 4.99 Å². The van der Waals surface area contributed by atoms with Gasteiger partial charge in [-0.15, -0.1) is 0 Å². The molecule has 2 bridgehead atoms. The second-order valence-corrected chi connectivity index (χ2v) is 3.21. The molecule has 1 aliphatic carbocycles. The zero-order chi connectivity index (χ0) is 5.94. The Hall–Kier alpha value is -0.330. The van der Waals surface area contributed by atoms with Crippen molar-refractivity contribution < 1.29 is 0 Å². The predicted molar refractivity (Wildman–Crippen MR) is 34.2 cm³/mol. The van der Waals surface area contributed by atoms with Gasteiger partial charge in [0.1, 0.15) is 0 Å². The van der Waals surface area contributed by atoms with Crippen LogP contribution in [0.4, 0.5) is 0 Å². The monoisotopic (exact) mass is 109 g/mol. The average Bonchev–Trinajstić information content (AvgIpc) is 1.83. The molecule has 0 aromatic heterocycles. The van der Waals surface area contributed by atoms with Crippen LogP contribution in [0.25, 0.3) is 0 Å². The van der Waals surface area contributed by atoms with E-state index in [2.05, 4.69) is 25.8 Å². The van der Waals surface area contributed by atoms with Gasteiger partial charge in [-0.2, -0.15) is 0 Å². The smallest absolute Gasteiger partial charge is 0.0734 e. The molecule has 2 aliphatic heterocycles. The molecule has 2 unspecified atom stereocenters. The molecule has 0 aromatic carbocycles. The van der Waals surface area contributed by atoms with Gasteiger partial charge in [-0.25, -0.2) is 0 Å². The Kier molecular flexibility index (Phi) is 0.496. The molecule has 0 spiro atoms. The van der Waals surface area contributed by atoms with Crippen molar-refractivity contribution in [3.63, 3.8) is 0 Å². The standard InChI is InChI=1S/C7H11N/c1-4-6-5(2)7(4,3)8-6/h4-5H,1-3H3. The number of hydrogen-bond donors (Lipinski definition) is 0. The van der Waals surface area contributed by atoms with Gasteiger partial charge in [0.05, 0.1) is 5.54 Å². The first-order chi connectivity index (χ1) is 3.66. The fourth-order valence-electron chi connectivity index (χ4n) is 1.79. The van der Waals surface area contributed by atoms with Gasteiger partial charge >= 0.3 is 0 Å². The van der Waals surface area contributed by atoms with Crippen LogP contribution >= 0.6 is 0 Å². The molecular weight excluding hydrogens is 98.1 g/mol. The van der Waals surface area contributed by atoms with E-state index in [9.17, 15) is 0 Å². The van der Waals surface area contributed by atoms with Crippen molar-refractivity contribution in [1.29, 1.82) is 0 Å². The summed E-state index contributed by atoms with van der Waals surface area (Å²) in [5.74, 6) is 1.61. The third kappa shape index (κ3) is 0.203. The molecule has 0 N–H and O–H groups in total. The Balaban J connectivity index is 2.35. The van der Waals surface area contributed by atoms with E-state index in [1.165, 1.54) is 5.71 Å². The molecule has 8 heavy (non-hydrogen) atoms. The SMILES string of the molecule is CC1C2=NC1(C)C2C. The maximum atomic E-state index is 4.38. The Labute approximate surface area is 49.8 Å². The summed E-state index contributed by atoms with van der Waals surface area (Å²) in [5, 5.41) is 0. The molecule has 0 aromatic rings. The van der Waals surface area contributed by atoms with E-state index in [1.807, 2.05) is 0 Å². The van der Waals surface area contributed by atoms with Crippen LogP contribution < -0.4 is 0 Å². The van der Waals surface area contributed by atoms with Gasteiger partial charge in [0, 0.05) is 17.5 Å². The lowest BCUT2D eigenvalue weighted by Gasteiger charge is -2.60. The van der Waals surface area contributed by atoms with E-state index in [0.29, 0.717) is 5.54 Å². The lowest BCUT2D eigenvalue weighted by atomic mass is 9.53. The first-order valence-electron chi connectivity index (χ1n) is 3.26. The fraction of sp³-hybridized carbons (Fsp3) is 0.857. The minimum Gasteiger partial charge on any atom is -0.286 e. The zero-order valence-electron chi connectivity index (χ0n) is 5.60. The first kappa shape index (κ1) is 4.54. The van der Waals surface area contributed by atoms with E-state index in [-0.39, 0.29) is 0 Å². The van der Waals surface area contributed by atoms with E-state index in [1.54, 1.807) is 0 Å². The van der Waals surface area contributed by atoms with Crippen molar-refractivity contribution in [1.82, 2.24) is 0 Å². The maximum Gasteiger partial charge on any atom is 0.0734 e. The van der Waals surface area contributed by atoms with Gasteiger partial charge < -0.3 is 0 Å². The Morgan fingerprint density at radius 3 is 1.88 bits per heavy atom. The number of nitrogens with zero attached hydrogens (tertiary/aromatic N) is 1. The maximum absolute atomic E-state index is 4.38. The Morgan fingerprint density at radius 2 is 1.88 bits per heavy atom. The van der Waals surface area contributed by atoms with Crippen LogP contribution in [0.3, 0.4) is 0 Å². The lowest BCUT2D eigenvalue weighted by Crippen LogP contribution is -2.67. The molecule has 0 radical (unpaired) electrons. The third-order valence-corrected chi connectivity index (χ3v) is 3.01. The van der Waals surface area contributed by atoms with Gasteiger partial charge in [-0.1, -0.05) is 13.8 Å². The van der Waals surface area contributed by atoms with Crippen LogP contribution in [-0.2, 0) is 0 Å². The van der Waals surface area contributed by atoms with Crippen molar-refractivity contribution in [2.24, 2.45) is 16.8 Å². The molecule has 0 amide bonds. The number of rotatable bonds is 0. The highest BCUT2D eigenvalue weighted by Crippen LogP contribution is 2.53. The first-order valence-corrected chi connectivity index (χ1v) is 3.26. The van der Waals surface area contributed by atoms with Gasteiger partial charge in [0.25, 0.3) is 0 Å². The quantitative estimate of drug-likeness (QED) is 0.447. The van der Waals surface area contributed by atoms with Crippen molar-refractivity contribution in [3.05, 3.63) is 0 Å².